The minimum Gasteiger partial charge on any atom is -0.379 e. The number of imidazole rings is 1. The number of carbonyl (C=O) groups excluding carboxylic acids is 3. The van der Waals surface area contributed by atoms with E-state index in [0.29, 0.717) is 11.5 Å². The molecule has 282 valence electrons. The number of aryl methyl sites for hydroxylation is 2. The summed E-state index contributed by atoms with van der Waals surface area (Å²) in [5.74, 6) is 1.60. The van der Waals surface area contributed by atoms with E-state index >= 15 is 0 Å². The first-order chi connectivity index (χ1) is 22.1. The van der Waals surface area contributed by atoms with Crippen LogP contribution in [0.4, 0.5) is 11.5 Å². The van der Waals surface area contributed by atoms with E-state index < -0.39 is 5.41 Å². The van der Waals surface area contributed by atoms with Crippen LogP contribution >= 0.6 is 11.3 Å². The molecule has 3 aromatic heterocycles. The Kier molecular flexibility index (Phi) is 14.3. The maximum absolute atomic E-state index is 12.2. The van der Waals surface area contributed by atoms with Gasteiger partial charge in [-0.3, -0.25) is 14.4 Å². The molecule has 50 heavy (non-hydrogen) atoms. The summed E-state index contributed by atoms with van der Waals surface area (Å²) in [5.41, 5.74) is 1.45. The molecule has 0 fully saturated rings. The molecule has 0 aromatic carbocycles. The molecule has 0 aliphatic rings. The van der Waals surface area contributed by atoms with Crippen LogP contribution < -0.4 is 10.6 Å². The molecule has 0 unspecified atom stereocenters. The average molecular weight is 713 g/mol. The minimum absolute atomic E-state index is 0.00338. The van der Waals surface area contributed by atoms with Crippen molar-refractivity contribution in [1.29, 1.82) is 0 Å². The van der Waals surface area contributed by atoms with Crippen molar-refractivity contribution < 1.29 is 14.4 Å². The molecule has 10 heteroatoms. The molecule has 3 aromatic rings. The van der Waals surface area contributed by atoms with Gasteiger partial charge in [0, 0.05) is 65.6 Å². The fraction of sp³-hybridized carbons (Fsp3) is 0.675. The standard InChI is InChI=1S/C14H24N2O.C13H23N3O.C13H21NOS/c1-13(2,3)12(17)11-8-10(9-16(11)7)15-14(4,5)6;1-12(2,3)10(17)11-14-9(8-16(11)7)15-13(4,5)6;1-12(2,3)7-10-14-9(8-16-10)11(15)13(4,5)6/h8-9,15H,1-7H3;8,15H,1-7H3;8H,7H2,1-6H3. The number of anilines is 2. The highest BCUT2D eigenvalue weighted by atomic mass is 32.1. The maximum Gasteiger partial charge on any atom is 0.203 e. The Hall–Kier alpha value is -3.27. The van der Waals surface area contributed by atoms with Crippen LogP contribution in [0.2, 0.25) is 0 Å². The van der Waals surface area contributed by atoms with Gasteiger partial charge in [-0.2, -0.15) is 0 Å². The van der Waals surface area contributed by atoms with E-state index in [1.54, 1.807) is 15.9 Å². The van der Waals surface area contributed by atoms with Crippen molar-refractivity contribution in [2.75, 3.05) is 10.6 Å². The molecule has 3 rings (SSSR count). The van der Waals surface area contributed by atoms with Gasteiger partial charge in [-0.15, -0.1) is 11.3 Å². The largest absolute Gasteiger partial charge is 0.379 e. The molecule has 0 aliphatic heterocycles. The van der Waals surface area contributed by atoms with Crippen molar-refractivity contribution in [2.24, 2.45) is 35.8 Å². The van der Waals surface area contributed by atoms with Gasteiger partial charge >= 0.3 is 0 Å². The van der Waals surface area contributed by atoms with Crippen molar-refractivity contribution in [2.45, 2.75) is 142 Å². The van der Waals surface area contributed by atoms with Gasteiger partial charge < -0.3 is 19.8 Å². The smallest absolute Gasteiger partial charge is 0.203 e. The molecular weight excluding hydrogens is 645 g/mol. The summed E-state index contributed by atoms with van der Waals surface area (Å²) < 4.78 is 3.67. The normalized spacial score (nSPS) is 12.7. The average Bonchev–Trinajstić information content (AvgIpc) is 3.57. The van der Waals surface area contributed by atoms with Crippen LogP contribution in [0.3, 0.4) is 0 Å². The monoisotopic (exact) mass is 713 g/mol. The van der Waals surface area contributed by atoms with Gasteiger partial charge in [-0.1, -0.05) is 83.1 Å². The van der Waals surface area contributed by atoms with Crippen molar-refractivity contribution in [1.82, 2.24) is 19.1 Å². The molecule has 9 nitrogen and oxygen atoms in total. The van der Waals surface area contributed by atoms with Gasteiger partial charge in [0.15, 0.2) is 17.4 Å². The molecule has 0 radical (unpaired) electrons. The SMILES string of the molecule is CC(C)(C)Cc1nc(C(=O)C(C)(C)C)cs1.Cn1cc(NC(C)(C)C)cc1C(=O)C(C)(C)C.Cn1cc(NC(C)(C)C)nc1C(=O)C(C)(C)C. The van der Waals surface area contributed by atoms with Crippen LogP contribution in [-0.4, -0.2) is 47.5 Å². The predicted molar refractivity (Wildman–Crippen MR) is 212 cm³/mol. The van der Waals surface area contributed by atoms with Crippen LogP contribution in [-0.2, 0) is 20.5 Å². The molecule has 0 aliphatic carbocycles. The van der Waals surface area contributed by atoms with Crippen LogP contribution in [0.1, 0.15) is 161 Å². The fourth-order valence-corrected chi connectivity index (χ4v) is 5.54. The maximum atomic E-state index is 12.2. The number of hydrogen-bond donors (Lipinski definition) is 2. The van der Waals surface area contributed by atoms with E-state index in [9.17, 15) is 14.4 Å². The Bertz CT molecular complexity index is 1520. The third-order valence-corrected chi connectivity index (χ3v) is 7.70. The molecule has 0 spiro atoms. The zero-order valence-electron chi connectivity index (χ0n) is 34.9. The van der Waals surface area contributed by atoms with Crippen LogP contribution in [0.5, 0.6) is 0 Å². The van der Waals surface area contributed by atoms with Crippen molar-refractivity contribution in [3.63, 3.8) is 0 Å². The highest BCUT2D eigenvalue weighted by molar-refractivity contribution is 7.09. The highest BCUT2D eigenvalue weighted by Gasteiger charge is 2.29. The first-order valence-electron chi connectivity index (χ1n) is 17.5. The van der Waals surface area contributed by atoms with E-state index in [4.69, 9.17) is 0 Å². The lowest BCUT2D eigenvalue weighted by atomic mass is 9.89. The van der Waals surface area contributed by atoms with E-state index in [1.807, 2.05) is 105 Å². The van der Waals surface area contributed by atoms with Crippen molar-refractivity contribution >= 4 is 40.2 Å². The number of nitrogens with zero attached hydrogens (tertiary/aromatic N) is 4. The number of rotatable bonds is 6. The molecule has 0 saturated heterocycles. The molecule has 0 saturated carbocycles. The number of ketones is 3. The molecule has 0 bridgehead atoms. The van der Waals surface area contributed by atoms with E-state index in [2.05, 4.69) is 82.9 Å². The summed E-state index contributed by atoms with van der Waals surface area (Å²) in [7, 11) is 3.76. The summed E-state index contributed by atoms with van der Waals surface area (Å²) in [6.45, 7) is 36.4. The lowest BCUT2D eigenvalue weighted by molar-refractivity contribution is 0.0839. The quantitative estimate of drug-likeness (QED) is 0.245. The number of thiazole rings is 1. The molecule has 3 heterocycles. The second-order valence-corrected chi connectivity index (χ2v) is 20.6. The zero-order chi connectivity index (χ0) is 39.4. The van der Waals surface area contributed by atoms with Gasteiger partial charge in [0.05, 0.1) is 16.4 Å². The van der Waals surface area contributed by atoms with Gasteiger partial charge in [0.2, 0.25) is 5.78 Å². The molecule has 0 amide bonds. The third-order valence-electron chi connectivity index (χ3n) is 6.85. The summed E-state index contributed by atoms with van der Waals surface area (Å²) in [6, 6.07) is 1.93. The van der Waals surface area contributed by atoms with Crippen molar-refractivity contribution in [3.8, 4) is 0 Å². The fourth-order valence-electron chi connectivity index (χ4n) is 4.47. The molecule has 2 N–H and O–H groups in total. The summed E-state index contributed by atoms with van der Waals surface area (Å²) in [6.07, 6.45) is 4.74. The second-order valence-electron chi connectivity index (χ2n) is 19.6. The summed E-state index contributed by atoms with van der Waals surface area (Å²) in [5, 5.41) is 9.58. The summed E-state index contributed by atoms with van der Waals surface area (Å²) >= 11 is 1.59. The van der Waals surface area contributed by atoms with E-state index in [1.165, 1.54) is 0 Å². The second kappa shape index (κ2) is 16.0. The topological polar surface area (TPSA) is 111 Å². The van der Waals surface area contributed by atoms with Gasteiger partial charge in [0.1, 0.15) is 11.5 Å². The van der Waals surface area contributed by atoms with Crippen molar-refractivity contribution in [3.05, 3.63) is 46.1 Å². The highest BCUT2D eigenvalue weighted by Crippen LogP contribution is 2.27. The number of Topliss-reactive ketones (excluding diaryl/α,β-unsaturated/α-hetero) is 3. The summed E-state index contributed by atoms with van der Waals surface area (Å²) in [4.78, 5) is 45.2. The number of aromatic nitrogens is 4. The van der Waals surface area contributed by atoms with Crippen LogP contribution in [0, 0.1) is 21.7 Å². The van der Waals surface area contributed by atoms with Gasteiger partial charge in [-0.05, 0) is 53.0 Å². The van der Waals surface area contributed by atoms with Crippen LogP contribution in [0.25, 0.3) is 0 Å². The number of carbonyl (C=O) groups is 3. The Morgan fingerprint density at radius 2 is 1.12 bits per heavy atom. The van der Waals surface area contributed by atoms with Gasteiger partial charge in [0.25, 0.3) is 0 Å². The Morgan fingerprint density at radius 3 is 1.54 bits per heavy atom. The first-order valence-corrected chi connectivity index (χ1v) is 18.3. The Morgan fingerprint density at radius 1 is 0.640 bits per heavy atom. The third kappa shape index (κ3) is 15.3. The predicted octanol–water partition coefficient (Wildman–Crippen LogP) is 10.3. The Balaban J connectivity index is 0.000000375. The van der Waals surface area contributed by atoms with E-state index in [0.717, 1.165) is 28.6 Å². The lowest BCUT2D eigenvalue weighted by Gasteiger charge is -2.20. The van der Waals surface area contributed by atoms with Crippen LogP contribution in [0.15, 0.2) is 23.8 Å². The number of hydrogen-bond acceptors (Lipinski definition) is 8. The minimum atomic E-state index is -0.405. The number of nitrogens with one attached hydrogen (secondary N) is 2. The van der Waals surface area contributed by atoms with E-state index in [-0.39, 0.29) is 44.7 Å². The van der Waals surface area contributed by atoms with Gasteiger partial charge in [-0.25, -0.2) is 9.97 Å². The molecular formula is C40H68N6O3S. The zero-order valence-corrected chi connectivity index (χ0v) is 35.8. The Labute approximate surface area is 307 Å². The first kappa shape index (κ1) is 44.8. The lowest BCUT2D eigenvalue weighted by Crippen LogP contribution is -2.26. The molecule has 0 atom stereocenters.